The van der Waals surface area contributed by atoms with E-state index in [0.717, 1.165) is 12.8 Å². The summed E-state index contributed by atoms with van der Waals surface area (Å²) in [5.74, 6) is 0.460. The molecule has 0 fully saturated rings. The van der Waals surface area contributed by atoms with E-state index in [9.17, 15) is 0 Å². The molecule has 1 nitrogen and oxygen atoms in total. The number of rotatable bonds is 5. The van der Waals surface area contributed by atoms with Crippen LogP contribution in [-0.4, -0.2) is 5.25 Å². The lowest BCUT2D eigenvalue weighted by Gasteiger charge is -2.16. The molecule has 16 heavy (non-hydrogen) atoms. The van der Waals surface area contributed by atoms with Crippen LogP contribution in [0.25, 0.3) is 0 Å². The molecule has 0 saturated heterocycles. The van der Waals surface area contributed by atoms with Gasteiger partial charge in [-0.2, -0.15) is 5.26 Å². The first-order valence-corrected chi connectivity index (χ1v) is 6.68. The van der Waals surface area contributed by atoms with Crippen LogP contribution in [0.1, 0.15) is 32.3 Å². The quantitative estimate of drug-likeness (QED) is 0.703. The molecule has 0 aromatic heterocycles. The molecular formula is C14H19NS. The van der Waals surface area contributed by atoms with Gasteiger partial charge in [0.15, 0.2) is 0 Å². The van der Waals surface area contributed by atoms with Crippen molar-refractivity contribution in [1.29, 1.82) is 5.26 Å². The van der Waals surface area contributed by atoms with E-state index >= 15 is 0 Å². The van der Waals surface area contributed by atoms with Gasteiger partial charge in [0.2, 0.25) is 0 Å². The van der Waals surface area contributed by atoms with Crippen molar-refractivity contribution in [3.8, 4) is 6.07 Å². The van der Waals surface area contributed by atoms with Crippen molar-refractivity contribution in [2.75, 3.05) is 0 Å². The molecule has 1 aromatic rings. The van der Waals surface area contributed by atoms with Gasteiger partial charge in [-0.25, -0.2) is 0 Å². The predicted octanol–water partition coefficient (Wildman–Crippen LogP) is 4.42. The highest BCUT2D eigenvalue weighted by Gasteiger charge is 2.17. The van der Waals surface area contributed by atoms with E-state index in [1.165, 1.54) is 10.5 Å². The van der Waals surface area contributed by atoms with Crippen molar-refractivity contribution in [1.82, 2.24) is 0 Å². The zero-order valence-corrected chi connectivity index (χ0v) is 11.1. The van der Waals surface area contributed by atoms with Gasteiger partial charge < -0.3 is 0 Å². The number of thioether (sulfide) groups is 1. The van der Waals surface area contributed by atoms with E-state index in [0.29, 0.717) is 5.92 Å². The maximum Gasteiger partial charge on any atom is 0.0989 e. The SMILES string of the molecule is CCCC(C)C(C#N)Sc1ccc(C)cc1. The Morgan fingerprint density at radius 2 is 1.94 bits per heavy atom. The van der Waals surface area contributed by atoms with Gasteiger partial charge in [-0.05, 0) is 31.4 Å². The van der Waals surface area contributed by atoms with Crippen LogP contribution in [0, 0.1) is 24.2 Å². The number of hydrogen-bond acceptors (Lipinski definition) is 2. The van der Waals surface area contributed by atoms with Crippen molar-refractivity contribution >= 4 is 11.8 Å². The van der Waals surface area contributed by atoms with Crippen LogP contribution in [0.3, 0.4) is 0 Å². The smallest absolute Gasteiger partial charge is 0.0989 e. The molecule has 0 N–H and O–H groups in total. The molecule has 2 unspecified atom stereocenters. The number of nitriles is 1. The molecule has 0 aliphatic carbocycles. The Balaban J connectivity index is 2.63. The summed E-state index contributed by atoms with van der Waals surface area (Å²) in [7, 11) is 0. The van der Waals surface area contributed by atoms with Crippen LogP contribution < -0.4 is 0 Å². The van der Waals surface area contributed by atoms with Crippen molar-refractivity contribution in [3.63, 3.8) is 0 Å². The Kier molecular flexibility index (Phi) is 5.42. The Morgan fingerprint density at radius 1 is 1.31 bits per heavy atom. The minimum atomic E-state index is 0.0719. The Hall–Kier alpha value is -0.940. The minimum Gasteiger partial charge on any atom is -0.197 e. The van der Waals surface area contributed by atoms with Gasteiger partial charge in [0.05, 0.1) is 11.3 Å². The van der Waals surface area contributed by atoms with E-state index in [1.807, 2.05) is 0 Å². The first kappa shape index (κ1) is 13.1. The van der Waals surface area contributed by atoms with Crippen LogP contribution in [0.5, 0.6) is 0 Å². The summed E-state index contributed by atoms with van der Waals surface area (Å²) < 4.78 is 0. The van der Waals surface area contributed by atoms with Gasteiger partial charge in [-0.1, -0.05) is 38.0 Å². The van der Waals surface area contributed by atoms with E-state index in [4.69, 9.17) is 5.26 Å². The van der Waals surface area contributed by atoms with Crippen LogP contribution in [-0.2, 0) is 0 Å². The third-order valence-corrected chi connectivity index (χ3v) is 4.04. The van der Waals surface area contributed by atoms with Gasteiger partial charge in [-0.3, -0.25) is 0 Å². The third-order valence-electron chi connectivity index (χ3n) is 2.67. The van der Waals surface area contributed by atoms with Crippen LogP contribution >= 0.6 is 11.8 Å². The van der Waals surface area contributed by atoms with Gasteiger partial charge in [-0.15, -0.1) is 11.8 Å². The van der Waals surface area contributed by atoms with E-state index in [1.54, 1.807) is 11.8 Å². The molecule has 0 spiro atoms. The largest absolute Gasteiger partial charge is 0.197 e. The molecule has 2 atom stereocenters. The fraction of sp³-hybridized carbons (Fsp3) is 0.500. The fourth-order valence-corrected chi connectivity index (χ4v) is 2.65. The molecular weight excluding hydrogens is 214 g/mol. The molecule has 0 amide bonds. The predicted molar refractivity (Wildman–Crippen MR) is 70.5 cm³/mol. The molecule has 1 aromatic carbocycles. The number of aryl methyl sites for hydroxylation is 1. The standard InChI is InChI=1S/C14H19NS/c1-4-5-12(3)14(10-15)16-13-8-6-11(2)7-9-13/h6-9,12,14H,4-5H2,1-3H3. The Bertz CT molecular complexity index is 350. The Labute approximate surface area is 103 Å². The summed E-state index contributed by atoms with van der Waals surface area (Å²) in [6.45, 7) is 6.41. The highest BCUT2D eigenvalue weighted by atomic mass is 32.2. The van der Waals surface area contributed by atoms with Crippen LogP contribution in [0.4, 0.5) is 0 Å². The average molecular weight is 233 g/mol. The number of benzene rings is 1. The number of nitrogens with zero attached hydrogens (tertiary/aromatic N) is 1. The monoisotopic (exact) mass is 233 g/mol. The van der Waals surface area contributed by atoms with Gasteiger partial charge >= 0.3 is 0 Å². The minimum absolute atomic E-state index is 0.0719. The maximum absolute atomic E-state index is 9.17. The summed E-state index contributed by atoms with van der Waals surface area (Å²) in [6.07, 6.45) is 2.27. The molecule has 2 heteroatoms. The fourth-order valence-electron chi connectivity index (χ4n) is 1.64. The molecule has 86 valence electrons. The third kappa shape index (κ3) is 3.90. The first-order chi connectivity index (χ1) is 7.67. The molecule has 1 rings (SSSR count). The molecule has 0 heterocycles. The lowest BCUT2D eigenvalue weighted by atomic mass is 10.0. The first-order valence-electron chi connectivity index (χ1n) is 5.80. The van der Waals surface area contributed by atoms with Gasteiger partial charge in [0.1, 0.15) is 0 Å². The zero-order valence-electron chi connectivity index (χ0n) is 10.2. The van der Waals surface area contributed by atoms with E-state index in [-0.39, 0.29) is 5.25 Å². The summed E-state index contributed by atoms with van der Waals surface area (Å²) in [5.41, 5.74) is 1.26. The summed E-state index contributed by atoms with van der Waals surface area (Å²) in [6, 6.07) is 10.8. The molecule has 0 aliphatic heterocycles. The summed E-state index contributed by atoms with van der Waals surface area (Å²) in [4.78, 5) is 1.19. The Morgan fingerprint density at radius 3 is 2.44 bits per heavy atom. The molecule has 0 aliphatic rings. The van der Waals surface area contributed by atoms with Crippen LogP contribution in [0.15, 0.2) is 29.2 Å². The normalized spacial score (nSPS) is 14.1. The van der Waals surface area contributed by atoms with E-state index in [2.05, 4.69) is 51.1 Å². The second-order valence-corrected chi connectivity index (χ2v) is 5.46. The van der Waals surface area contributed by atoms with Crippen LogP contribution in [0.2, 0.25) is 0 Å². The van der Waals surface area contributed by atoms with Crippen molar-refractivity contribution in [3.05, 3.63) is 29.8 Å². The van der Waals surface area contributed by atoms with Gasteiger partial charge in [0.25, 0.3) is 0 Å². The highest BCUT2D eigenvalue weighted by Crippen LogP contribution is 2.29. The summed E-state index contributed by atoms with van der Waals surface area (Å²) >= 11 is 1.68. The van der Waals surface area contributed by atoms with E-state index < -0.39 is 0 Å². The van der Waals surface area contributed by atoms with Gasteiger partial charge in [0, 0.05) is 4.90 Å². The maximum atomic E-state index is 9.17. The second kappa shape index (κ2) is 6.60. The zero-order chi connectivity index (χ0) is 12.0. The lowest BCUT2D eigenvalue weighted by Crippen LogP contribution is -2.11. The molecule has 0 saturated carbocycles. The second-order valence-electron chi connectivity index (χ2n) is 4.25. The number of hydrogen-bond donors (Lipinski definition) is 0. The topological polar surface area (TPSA) is 23.8 Å². The molecule has 0 bridgehead atoms. The summed E-state index contributed by atoms with van der Waals surface area (Å²) in [5, 5.41) is 9.24. The average Bonchev–Trinajstić information content (AvgIpc) is 2.28. The van der Waals surface area contributed by atoms with Crippen molar-refractivity contribution in [2.45, 2.75) is 43.8 Å². The van der Waals surface area contributed by atoms with Crippen molar-refractivity contribution < 1.29 is 0 Å². The highest BCUT2D eigenvalue weighted by molar-refractivity contribution is 8.00. The van der Waals surface area contributed by atoms with Crippen molar-refractivity contribution in [2.24, 2.45) is 5.92 Å². The lowest BCUT2D eigenvalue weighted by molar-refractivity contribution is 0.546. The molecule has 0 radical (unpaired) electrons.